The second-order valence-electron chi connectivity index (χ2n) is 6.18. The third-order valence-corrected chi connectivity index (χ3v) is 4.28. The number of furan rings is 1. The van der Waals surface area contributed by atoms with Gasteiger partial charge in [-0.15, -0.1) is 0 Å². The lowest BCUT2D eigenvalue weighted by atomic mass is 10.0. The van der Waals surface area contributed by atoms with Crippen molar-refractivity contribution in [2.75, 3.05) is 6.61 Å². The molecule has 2 heterocycles. The Balaban J connectivity index is 1.94. The van der Waals surface area contributed by atoms with Crippen LogP contribution in [-0.2, 0) is 4.74 Å². The molecule has 2 aromatic heterocycles. The molecule has 0 aliphatic carbocycles. The molecule has 8 heteroatoms. The second-order valence-corrected chi connectivity index (χ2v) is 6.18. The molecule has 0 saturated carbocycles. The maximum absolute atomic E-state index is 12.8. The molecule has 0 aliphatic heterocycles. The zero-order valence-corrected chi connectivity index (χ0v) is 15.1. The molecule has 0 amide bonds. The van der Waals surface area contributed by atoms with Gasteiger partial charge in [0.15, 0.2) is 11.3 Å². The summed E-state index contributed by atoms with van der Waals surface area (Å²) in [5.41, 5.74) is 2.40. The fourth-order valence-electron chi connectivity index (χ4n) is 3.10. The second kappa shape index (κ2) is 7.21. The Morgan fingerprint density at radius 1 is 1.21 bits per heavy atom. The van der Waals surface area contributed by atoms with Crippen molar-refractivity contribution >= 4 is 21.9 Å². The Bertz CT molecular complexity index is 1130. The molecule has 1 atom stereocenters. The van der Waals surface area contributed by atoms with Crippen LogP contribution in [0.2, 0.25) is 0 Å². The number of oxazole rings is 1. The van der Waals surface area contributed by atoms with E-state index in [2.05, 4.69) is 9.72 Å². The summed E-state index contributed by atoms with van der Waals surface area (Å²) in [6, 6.07) is 8.46. The highest BCUT2D eigenvalue weighted by Gasteiger charge is 2.22. The molecule has 6 nitrogen and oxygen atoms in total. The predicted molar refractivity (Wildman–Crippen MR) is 97.2 cm³/mol. The first-order valence-corrected chi connectivity index (χ1v) is 8.64. The van der Waals surface area contributed by atoms with Crippen molar-refractivity contribution in [3.8, 4) is 17.2 Å². The van der Waals surface area contributed by atoms with Crippen molar-refractivity contribution in [1.82, 2.24) is 4.98 Å². The maximum Gasteiger partial charge on any atom is 0.387 e. The molecule has 0 radical (unpaired) electrons. The number of rotatable bonds is 6. The van der Waals surface area contributed by atoms with E-state index in [1.54, 1.807) is 19.1 Å². The average Bonchev–Trinajstić information content (AvgIpc) is 3.27. The lowest BCUT2D eigenvalue weighted by molar-refractivity contribution is -0.101. The van der Waals surface area contributed by atoms with Gasteiger partial charge < -0.3 is 23.4 Å². The molecule has 2 aromatic carbocycles. The van der Waals surface area contributed by atoms with Crippen LogP contribution in [0.25, 0.3) is 33.4 Å². The first kappa shape index (κ1) is 18.4. The molecule has 1 N–H and O–H groups in total. The van der Waals surface area contributed by atoms with Gasteiger partial charge in [-0.1, -0.05) is 11.6 Å². The van der Waals surface area contributed by atoms with Crippen LogP contribution in [0.3, 0.4) is 0 Å². The molecule has 146 valence electrons. The summed E-state index contributed by atoms with van der Waals surface area (Å²) >= 11 is 0. The van der Waals surface area contributed by atoms with E-state index in [0.717, 1.165) is 10.9 Å². The van der Waals surface area contributed by atoms with E-state index >= 15 is 0 Å². The van der Waals surface area contributed by atoms with Gasteiger partial charge in [0, 0.05) is 22.9 Å². The van der Waals surface area contributed by atoms with Crippen LogP contribution in [0.1, 0.15) is 24.5 Å². The topological polar surface area (TPSA) is 77.9 Å². The molecule has 0 spiro atoms. The van der Waals surface area contributed by atoms with Gasteiger partial charge in [0.2, 0.25) is 12.2 Å². The Morgan fingerprint density at radius 3 is 2.79 bits per heavy atom. The Hall–Kier alpha value is -2.97. The summed E-state index contributed by atoms with van der Waals surface area (Å²) in [5.74, 6) is 0.121. The number of ether oxygens (including phenoxy) is 2. The number of hydrogen-bond donors (Lipinski definition) is 1. The van der Waals surface area contributed by atoms with Crippen molar-refractivity contribution < 1.29 is 32.2 Å². The van der Waals surface area contributed by atoms with Crippen molar-refractivity contribution in [1.29, 1.82) is 0 Å². The van der Waals surface area contributed by atoms with Gasteiger partial charge in [-0.25, -0.2) is 4.98 Å². The minimum Gasteiger partial charge on any atom is -0.452 e. The van der Waals surface area contributed by atoms with Crippen LogP contribution in [-0.4, -0.2) is 23.3 Å². The quantitative estimate of drug-likeness (QED) is 0.458. The number of hydrogen-bond acceptors (Lipinski definition) is 6. The van der Waals surface area contributed by atoms with Crippen LogP contribution in [0.15, 0.2) is 45.4 Å². The third-order valence-electron chi connectivity index (χ3n) is 4.28. The van der Waals surface area contributed by atoms with E-state index < -0.39 is 12.9 Å². The highest BCUT2D eigenvalue weighted by atomic mass is 19.3. The zero-order chi connectivity index (χ0) is 19.8. The molecule has 28 heavy (non-hydrogen) atoms. The van der Waals surface area contributed by atoms with Gasteiger partial charge in [0.05, 0.1) is 0 Å². The number of halogens is 2. The van der Waals surface area contributed by atoms with Gasteiger partial charge in [-0.3, -0.25) is 0 Å². The minimum absolute atomic E-state index is 0.0799. The molecule has 1 unspecified atom stereocenters. The van der Waals surface area contributed by atoms with Gasteiger partial charge in [-0.05, 0) is 38.1 Å². The van der Waals surface area contributed by atoms with E-state index in [0.29, 0.717) is 23.1 Å². The Kier molecular flexibility index (Phi) is 4.74. The monoisotopic (exact) mass is 389 g/mol. The van der Waals surface area contributed by atoms with Crippen LogP contribution < -0.4 is 4.74 Å². The van der Waals surface area contributed by atoms with Gasteiger partial charge in [-0.2, -0.15) is 8.78 Å². The number of aliphatic hydroxyl groups is 1. The van der Waals surface area contributed by atoms with Crippen molar-refractivity contribution in [2.45, 2.75) is 26.7 Å². The zero-order valence-electron chi connectivity index (χ0n) is 15.1. The fourth-order valence-corrected chi connectivity index (χ4v) is 3.10. The number of aryl methyl sites for hydroxylation is 1. The molecular weight excluding hydrogens is 372 g/mol. The summed E-state index contributed by atoms with van der Waals surface area (Å²) in [6.07, 6.45) is 0.0706. The molecular formula is C20H17F2NO5. The number of fused-ring (bicyclic) bond motifs is 3. The number of aromatic nitrogens is 1. The molecule has 0 aliphatic rings. The first-order valence-electron chi connectivity index (χ1n) is 8.64. The smallest absolute Gasteiger partial charge is 0.387 e. The molecule has 0 fully saturated rings. The minimum atomic E-state index is -2.99. The van der Waals surface area contributed by atoms with Gasteiger partial charge in [0.25, 0.3) is 0 Å². The summed E-state index contributed by atoms with van der Waals surface area (Å²) in [7, 11) is 0. The number of alkyl halides is 2. The number of benzene rings is 2. The summed E-state index contributed by atoms with van der Waals surface area (Å²) < 4.78 is 46.7. The Morgan fingerprint density at radius 2 is 2.04 bits per heavy atom. The van der Waals surface area contributed by atoms with Crippen LogP contribution >= 0.6 is 0 Å². The van der Waals surface area contributed by atoms with E-state index in [9.17, 15) is 13.9 Å². The fraction of sp³-hybridized carbons (Fsp3) is 0.250. The lowest BCUT2D eigenvalue weighted by Crippen LogP contribution is -2.03. The van der Waals surface area contributed by atoms with Crippen molar-refractivity contribution in [3.63, 3.8) is 0 Å². The standard InChI is InChI=1S/C20H17F2NO5/c1-3-25-19(24)13-9-26-18(23-13)11-5-7-15(28-20(21)22)17-16(11)12-8-10(2)4-6-14(12)27-17/h4-9,19-20,24H,3H2,1-2H3. The molecule has 4 rings (SSSR count). The molecule has 4 aromatic rings. The SMILES string of the molecule is CCOC(O)c1coc(-c2ccc(OC(F)F)c3oc4ccc(C)cc4c23)n1. The average molecular weight is 389 g/mol. The highest BCUT2D eigenvalue weighted by molar-refractivity contribution is 6.13. The van der Waals surface area contributed by atoms with Crippen molar-refractivity contribution in [3.05, 3.63) is 47.9 Å². The van der Waals surface area contributed by atoms with Crippen LogP contribution in [0.4, 0.5) is 8.78 Å². The normalized spacial score (nSPS) is 12.9. The summed E-state index contributed by atoms with van der Waals surface area (Å²) in [5, 5.41) is 11.2. The van der Waals surface area contributed by atoms with E-state index in [4.69, 9.17) is 13.6 Å². The molecule has 0 bridgehead atoms. The maximum atomic E-state index is 12.8. The van der Waals surface area contributed by atoms with Gasteiger partial charge in [0.1, 0.15) is 17.5 Å². The lowest BCUT2D eigenvalue weighted by Gasteiger charge is -2.07. The van der Waals surface area contributed by atoms with Crippen LogP contribution in [0.5, 0.6) is 5.75 Å². The summed E-state index contributed by atoms with van der Waals surface area (Å²) in [4.78, 5) is 4.28. The highest BCUT2D eigenvalue weighted by Crippen LogP contribution is 2.41. The first-order chi connectivity index (χ1) is 13.5. The van der Waals surface area contributed by atoms with Crippen molar-refractivity contribution in [2.24, 2.45) is 0 Å². The Labute approximate surface area is 158 Å². The largest absolute Gasteiger partial charge is 0.452 e. The summed E-state index contributed by atoms with van der Waals surface area (Å²) in [6.45, 7) is 0.978. The predicted octanol–water partition coefficient (Wildman–Crippen LogP) is 5.18. The van der Waals surface area contributed by atoms with E-state index in [1.807, 2.05) is 19.1 Å². The third kappa shape index (κ3) is 3.21. The van der Waals surface area contributed by atoms with E-state index in [-0.39, 0.29) is 22.9 Å². The number of aliphatic hydroxyl groups excluding tert-OH is 1. The van der Waals surface area contributed by atoms with E-state index in [1.165, 1.54) is 12.3 Å². The van der Waals surface area contributed by atoms with Crippen LogP contribution in [0, 0.1) is 6.92 Å². The number of nitrogens with zero attached hydrogens (tertiary/aromatic N) is 1. The van der Waals surface area contributed by atoms with Gasteiger partial charge >= 0.3 is 6.61 Å². The molecule has 0 saturated heterocycles.